The number of halogens is 1. The van der Waals surface area contributed by atoms with Crippen molar-refractivity contribution in [1.82, 2.24) is 9.88 Å². The molecule has 6 nitrogen and oxygen atoms in total. The fourth-order valence-electron chi connectivity index (χ4n) is 1.89. The van der Waals surface area contributed by atoms with Gasteiger partial charge in [-0.15, -0.1) is 12.4 Å². The van der Waals surface area contributed by atoms with Gasteiger partial charge in [0.2, 0.25) is 11.8 Å². The number of fused-ring (bicyclic) bond motifs is 1. The normalized spacial score (nSPS) is 11.6. The minimum Gasteiger partial charge on any atom is -0.358 e. The summed E-state index contributed by atoms with van der Waals surface area (Å²) in [4.78, 5) is 23.0. The monoisotopic (exact) mass is 310 g/mol. The molecule has 0 saturated heterocycles. The summed E-state index contributed by atoms with van der Waals surface area (Å²) in [6, 6.07) is 6.90. The number of hydrogen-bond donors (Lipinski definition) is 3. The second kappa shape index (κ2) is 7.10. The Morgan fingerprint density at radius 3 is 2.67 bits per heavy atom. The third-order valence-electron chi connectivity index (χ3n) is 3.05. The first kappa shape index (κ1) is 17.0. The van der Waals surface area contributed by atoms with Crippen LogP contribution in [0.3, 0.4) is 0 Å². The van der Waals surface area contributed by atoms with Crippen LogP contribution in [0.5, 0.6) is 0 Å². The number of nitrogens with one attached hydrogen (secondary N) is 2. The Hall–Kier alpha value is -2.05. The lowest BCUT2D eigenvalue weighted by atomic mass is 10.2. The average Bonchev–Trinajstić information content (AvgIpc) is 2.81. The third kappa shape index (κ3) is 3.96. The summed E-state index contributed by atoms with van der Waals surface area (Å²) >= 11 is 0. The molecule has 0 spiro atoms. The number of rotatable bonds is 4. The van der Waals surface area contributed by atoms with Gasteiger partial charge in [-0.3, -0.25) is 9.59 Å². The molecule has 1 aromatic heterocycles. The van der Waals surface area contributed by atoms with Crippen LogP contribution in [0.4, 0.5) is 5.69 Å². The fourth-order valence-corrected chi connectivity index (χ4v) is 1.89. The molecular formula is C14H19ClN4O2. The summed E-state index contributed by atoms with van der Waals surface area (Å²) in [7, 11) is 1.60. The molecule has 2 amide bonds. The van der Waals surface area contributed by atoms with E-state index in [4.69, 9.17) is 5.73 Å². The van der Waals surface area contributed by atoms with E-state index in [1.165, 1.54) is 0 Å². The van der Waals surface area contributed by atoms with E-state index in [0.717, 1.165) is 10.9 Å². The van der Waals surface area contributed by atoms with Gasteiger partial charge in [-0.25, -0.2) is 0 Å². The fraction of sp³-hybridized carbons (Fsp3) is 0.286. The molecule has 4 N–H and O–H groups in total. The van der Waals surface area contributed by atoms with Crippen LogP contribution in [0.1, 0.15) is 6.92 Å². The molecule has 0 fully saturated rings. The van der Waals surface area contributed by atoms with E-state index < -0.39 is 6.04 Å². The van der Waals surface area contributed by atoms with E-state index in [2.05, 4.69) is 10.6 Å². The first-order chi connectivity index (χ1) is 9.51. The van der Waals surface area contributed by atoms with Crippen molar-refractivity contribution in [3.63, 3.8) is 0 Å². The number of nitrogens with two attached hydrogens (primary N) is 1. The molecule has 114 valence electrons. The first-order valence-electron chi connectivity index (χ1n) is 6.37. The minimum atomic E-state index is -0.566. The molecule has 0 radical (unpaired) electrons. The predicted molar refractivity (Wildman–Crippen MR) is 85.5 cm³/mol. The molecule has 1 heterocycles. The second-order valence-corrected chi connectivity index (χ2v) is 4.67. The standard InChI is InChI=1S/C14H18N4O2.ClH/c1-9(15)14(20)17-11-4-3-10-5-6-18(12(10)7-11)8-13(19)16-2;/h3-7,9H,8,15H2,1-2H3,(H,16,19)(H,17,20);1H/t9-;/m0./s1. The van der Waals surface area contributed by atoms with Gasteiger partial charge in [-0.1, -0.05) is 6.07 Å². The number of carbonyl (C=O) groups excluding carboxylic acids is 2. The molecule has 0 aliphatic carbocycles. The van der Waals surface area contributed by atoms with Crippen molar-refractivity contribution in [2.75, 3.05) is 12.4 Å². The van der Waals surface area contributed by atoms with Gasteiger partial charge in [0.05, 0.1) is 11.6 Å². The van der Waals surface area contributed by atoms with E-state index in [9.17, 15) is 9.59 Å². The summed E-state index contributed by atoms with van der Waals surface area (Å²) in [5.74, 6) is -0.318. The van der Waals surface area contributed by atoms with Crippen molar-refractivity contribution in [3.05, 3.63) is 30.5 Å². The van der Waals surface area contributed by atoms with Crippen LogP contribution in [-0.4, -0.2) is 29.5 Å². The van der Waals surface area contributed by atoms with Crippen LogP contribution < -0.4 is 16.4 Å². The molecule has 0 unspecified atom stereocenters. The van der Waals surface area contributed by atoms with Crippen LogP contribution in [0.25, 0.3) is 10.9 Å². The van der Waals surface area contributed by atoms with Crippen molar-refractivity contribution >= 4 is 40.8 Å². The van der Waals surface area contributed by atoms with Gasteiger partial charge < -0.3 is 20.9 Å². The van der Waals surface area contributed by atoms with Gasteiger partial charge in [-0.05, 0) is 30.5 Å². The van der Waals surface area contributed by atoms with E-state index in [1.807, 2.05) is 35.0 Å². The molecule has 0 aliphatic rings. The number of benzene rings is 1. The highest BCUT2D eigenvalue weighted by Crippen LogP contribution is 2.20. The maximum Gasteiger partial charge on any atom is 0.240 e. The zero-order valence-electron chi connectivity index (χ0n) is 11.9. The largest absolute Gasteiger partial charge is 0.358 e. The zero-order valence-corrected chi connectivity index (χ0v) is 12.7. The van der Waals surface area contributed by atoms with Crippen LogP contribution in [0, 0.1) is 0 Å². The summed E-state index contributed by atoms with van der Waals surface area (Å²) in [5.41, 5.74) is 7.07. The molecule has 7 heteroatoms. The highest BCUT2D eigenvalue weighted by Gasteiger charge is 2.09. The Bertz CT molecular complexity index is 651. The number of aromatic nitrogens is 1. The molecule has 0 bridgehead atoms. The lowest BCUT2D eigenvalue weighted by Gasteiger charge is -2.09. The van der Waals surface area contributed by atoms with Crippen molar-refractivity contribution in [2.24, 2.45) is 5.73 Å². The van der Waals surface area contributed by atoms with Crippen LogP contribution in [0.15, 0.2) is 30.5 Å². The highest BCUT2D eigenvalue weighted by atomic mass is 35.5. The van der Waals surface area contributed by atoms with Gasteiger partial charge >= 0.3 is 0 Å². The predicted octanol–water partition coefficient (Wildman–Crippen LogP) is 1.09. The maximum absolute atomic E-state index is 11.6. The van der Waals surface area contributed by atoms with Gasteiger partial charge in [0.15, 0.2) is 0 Å². The van der Waals surface area contributed by atoms with Gasteiger partial charge in [0.1, 0.15) is 6.54 Å². The summed E-state index contributed by atoms with van der Waals surface area (Å²) in [6.45, 7) is 1.87. The SMILES string of the molecule is CNC(=O)Cn1ccc2ccc(NC(=O)[C@H](C)N)cc21.Cl. The van der Waals surface area contributed by atoms with Crippen LogP contribution in [0.2, 0.25) is 0 Å². The quantitative estimate of drug-likeness (QED) is 0.790. The van der Waals surface area contributed by atoms with Crippen LogP contribution in [-0.2, 0) is 16.1 Å². The average molecular weight is 311 g/mol. The summed E-state index contributed by atoms with van der Waals surface area (Å²) in [6.07, 6.45) is 1.84. The summed E-state index contributed by atoms with van der Waals surface area (Å²) in [5, 5.41) is 6.33. The lowest BCUT2D eigenvalue weighted by Crippen LogP contribution is -2.32. The van der Waals surface area contributed by atoms with Gasteiger partial charge in [0, 0.05) is 18.9 Å². The second-order valence-electron chi connectivity index (χ2n) is 4.67. The molecular weight excluding hydrogens is 292 g/mol. The molecule has 1 aromatic carbocycles. The van der Waals surface area contributed by atoms with E-state index in [0.29, 0.717) is 5.69 Å². The van der Waals surface area contributed by atoms with Gasteiger partial charge in [-0.2, -0.15) is 0 Å². The number of nitrogens with zero attached hydrogens (tertiary/aromatic N) is 1. The Labute approximate surface area is 129 Å². The molecule has 21 heavy (non-hydrogen) atoms. The smallest absolute Gasteiger partial charge is 0.240 e. The van der Waals surface area contributed by atoms with Crippen molar-refractivity contribution in [2.45, 2.75) is 19.5 Å². The molecule has 2 rings (SSSR count). The van der Waals surface area contributed by atoms with Crippen LogP contribution >= 0.6 is 12.4 Å². The minimum absolute atomic E-state index is 0. The van der Waals surface area contributed by atoms with E-state index in [1.54, 1.807) is 14.0 Å². The number of hydrogen-bond acceptors (Lipinski definition) is 3. The van der Waals surface area contributed by atoms with Crippen molar-refractivity contribution in [1.29, 1.82) is 0 Å². The number of amides is 2. The molecule has 1 atom stereocenters. The van der Waals surface area contributed by atoms with Crippen molar-refractivity contribution in [3.8, 4) is 0 Å². The number of likely N-dealkylation sites (N-methyl/N-ethyl adjacent to an activating group) is 1. The third-order valence-corrected chi connectivity index (χ3v) is 3.05. The highest BCUT2D eigenvalue weighted by molar-refractivity contribution is 5.96. The zero-order chi connectivity index (χ0) is 14.7. The molecule has 0 aliphatic heterocycles. The maximum atomic E-state index is 11.6. The first-order valence-corrected chi connectivity index (χ1v) is 6.37. The molecule has 2 aromatic rings. The lowest BCUT2D eigenvalue weighted by molar-refractivity contribution is -0.121. The Balaban J connectivity index is 0.00000220. The summed E-state index contributed by atoms with van der Waals surface area (Å²) < 4.78 is 1.83. The van der Waals surface area contributed by atoms with E-state index in [-0.39, 0.29) is 30.8 Å². The number of carbonyl (C=O) groups is 2. The Kier molecular flexibility index (Phi) is 5.75. The Morgan fingerprint density at radius 2 is 2.05 bits per heavy atom. The van der Waals surface area contributed by atoms with Gasteiger partial charge in [0.25, 0.3) is 0 Å². The topological polar surface area (TPSA) is 89.2 Å². The Morgan fingerprint density at radius 1 is 1.33 bits per heavy atom. The van der Waals surface area contributed by atoms with E-state index >= 15 is 0 Å². The molecule has 0 saturated carbocycles. The van der Waals surface area contributed by atoms with Crippen molar-refractivity contribution < 1.29 is 9.59 Å². The number of anilines is 1.